The molecule has 0 fully saturated rings. The summed E-state index contributed by atoms with van der Waals surface area (Å²) in [6, 6.07) is 0. The Hall–Kier alpha value is -0.700. The molecule has 16 heavy (non-hydrogen) atoms. The van der Waals surface area contributed by atoms with Crippen LogP contribution in [0.15, 0.2) is 23.6 Å². The minimum absolute atomic E-state index is 0.915. The van der Waals surface area contributed by atoms with Crippen molar-refractivity contribution in [3.05, 3.63) is 23.6 Å². The SMILES string of the molecule is CC1CCCC=C=C=CCCCCCCC1. The van der Waals surface area contributed by atoms with Gasteiger partial charge in [0, 0.05) is 0 Å². The maximum atomic E-state index is 3.14. The molecular formula is C16H26. The maximum absolute atomic E-state index is 3.14. The molecule has 0 bridgehead atoms. The molecule has 1 atom stereocenters. The average molecular weight is 218 g/mol. The van der Waals surface area contributed by atoms with Gasteiger partial charge in [-0.1, -0.05) is 56.9 Å². The predicted molar refractivity (Wildman–Crippen MR) is 71.5 cm³/mol. The third-order valence-corrected chi connectivity index (χ3v) is 3.38. The summed E-state index contributed by atoms with van der Waals surface area (Å²) in [5.74, 6) is 0.915. The van der Waals surface area contributed by atoms with E-state index in [2.05, 4.69) is 30.5 Å². The number of rotatable bonds is 0. The lowest BCUT2D eigenvalue weighted by Crippen LogP contribution is -1.94. The van der Waals surface area contributed by atoms with Crippen molar-refractivity contribution < 1.29 is 0 Å². The molecule has 1 rings (SSSR count). The van der Waals surface area contributed by atoms with E-state index in [1.807, 2.05) is 0 Å². The Balaban J connectivity index is 2.34. The number of allylic oxidation sites excluding steroid dienone is 2. The maximum Gasteiger partial charge on any atom is -0.0268 e. The molecule has 1 aliphatic carbocycles. The largest absolute Gasteiger partial charge is 0.0750 e. The monoisotopic (exact) mass is 218 g/mol. The van der Waals surface area contributed by atoms with Gasteiger partial charge in [0.15, 0.2) is 0 Å². The Kier molecular flexibility index (Phi) is 7.95. The van der Waals surface area contributed by atoms with Crippen molar-refractivity contribution in [1.29, 1.82) is 0 Å². The smallest absolute Gasteiger partial charge is 0.0268 e. The zero-order valence-corrected chi connectivity index (χ0v) is 10.8. The second kappa shape index (κ2) is 9.52. The van der Waals surface area contributed by atoms with Crippen LogP contribution in [0.1, 0.15) is 71.1 Å². The summed E-state index contributed by atoms with van der Waals surface area (Å²) < 4.78 is 0. The molecule has 0 amide bonds. The van der Waals surface area contributed by atoms with Crippen LogP contribution in [0.5, 0.6) is 0 Å². The van der Waals surface area contributed by atoms with E-state index < -0.39 is 0 Å². The summed E-state index contributed by atoms with van der Waals surface area (Å²) in [4.78, 5) is 0. The van der Waals surface area contributed by atoms with Gasteiger partial charge < -0.3 is 0 Å². The van der Waals surface area contributed by atoms with Crippen molar-refractivity contribution in [3.63, 3.8) is 0 Å². The van der Waals surface area contributed by atoms with Crippen molar-refractivity contribution in [3.8, 4) is 0 Å². The summed E-state index contributed by atoms with van der Waals surface area (Å²) >= 11 is 0. The quantitative estimate of drug-likeness (QED) is 0.477. The van der Waals surface area contributed by atoms with E-state index in [0.29, 0.717) is 0 Å². The fraction of sp³-hybridized carbons (Fsp3) is 0.750. The first-order valence-electron chi connectivity index (χ1n) is 7.04. The van der Waals surface area contributed by atoms with Crippen molar-refractivity contribution in [1.82, 2.24) is 0 Å². The number of hydrogen-bond donors (Lipinski definition) is 0. The topological polar surface area (TPSA) is 0 Å². The zero-order chi connectivity index (χ0) is 11.5. The van der Waals surface area contributed by atoms with Crippen LogP contribution in [0.3, 0.4) is 0 Å². The van der Waals surface area contributed by atoms with Gasteiger partial charge in [0.05, 0.1) is 0 Å². The van der Waals surface area contributed by atoms with Crippen molar-refractivity contribution >= 4 is 0 Å². The molecule has 0 saturated heterocycles. The van der Waals surface area contributed by atoms with Gasteiger partial charge in [-0.2, -0.15) is 0 Å². The van der Waals surface area contributed by atoms with Crippen molar-refractivity contribution in [2.45, 2.75) is 71.1 Å². The third kappa shape index (κ3) is 7.57. The first-order chi connectivity index (χ1) is 7.89. The minimum atomic E-state index is 0.915. The van der Waals surface area contributed by atoms with Crippen LogP contribution in [0.2, 0.25) is 0 Å². The van der Waals surface area contributed by atoms with E-state index >= 15 is 0 Å². The van der Waals surface area contributed by atoms with E-state index in [4.69, 9.17) is 0 Å². The van der Waals surface area contributed by atoms with E-state index in [1.165, 1.54) is 64.2 Å². The predicted octanol–water partition coefficient (Wildman–Crippen LogP) is 5.40. The van der Waals surface area contributed by atoms with Crippen LogP contribution in [0.25, 0.3) is 0 Å². The molecule has 0 radical (unpaired) electrons. The lowest BCUT2D eigenvalue weighted by atomic mass is 9.97. The molecule has 1 unspecified atom stereocenters. The van der Waals surface area contributed by atoms with Gasteiger partial charge in [-0.25, -0.2) is 0 Å². The Bertz CT molecular complexity index is 249. The summed E-state index contributed by atoms with van der Waals surface area (Å²) in [5, 5.41) is 0. The molecule has 0 heteroatoms. The highest BCUT2D eigenvalue weighted by atomic mass is 14.1. The highest BCUT2D eigenvalue weighted by molar-refractivity contribution is 4.86. The molecule has 0 aromatic carbocycles. The molecule has 0 spiro atoms. The Morgan fingerprint density at radius 2 is 1.31 bits per heavy atom. The van der Waals surface area contributed by atoms with Crippen LogP contribution < -0.4 is 0 Å². The Labute approximate surface area is 101 Å². The second-order valence-electron chi connectivity index (χ2n) is 5.08. The molecule has 0 aromatic heterocycles. The molecule has 90 valence electrons. The fourth-order valence-electron chi connectivity index (χ4n) is 2.24. The van der Waals surface area contributed by atoms with Crippen LogP contribution in [0.4, 0.5) is 0 Å². The molecule has 1 aliphatic rings. The van der Waals surface area contributed by atoms with Gasteiger partial charge in [-0.15, -0.1) is 0 Å². The average Bonchev–Trinajstić information content (AvgIpc) is 2.29. The summed E-state index contributed by atoms with van der Waals surface area (Å²) in [6.45, 7) is 2.40. The van der Waals surface area contributed by atoms with Crippen LogP contribution in [-0.4, -0.2) is 0 Å². The van der Waals surface area contributed by atoms with E-state index in [9.17, 15) is 0 Å². The van der Waals surface area contributed by atoms with Gasteiger partial charge in [-0.05, 0) is 43.8 Å². The third-order valence-electron chi connectivity index (χ3n) is 3.38. The summed E-state index contributed by atoms with van der Waals surface area (Å²) in [5.41, 5.74) is 6.27. The highest BCUT2D eigenvalue weighted by Gasteiger charge is 2.01. The second-order valence-corrected chi connectivity index (χ2v) is 5.08. The first kappa shape index (κ1) is 13.4. The first-order valence-corrected chi connectivity index (χ1v) is 7.04. The summed E-state index contributed by atoms with van der Waals surface area (Å²) in [7, 11) is 0. The lowest BCUT2D eigenvalue weighted by molar-refractivity contribution is 0.446. The van der Waals surface area contributed by atoms with Gasteiger partial charge in [-0.3, -0.25) is 0 Å². The summed E-state index contributed by atoms with van der Waals surface area (Å²) in [6.07, 6.45) is 17.7. The van der Waals surface area contributed by atoms with Crippen LogP contribution in [-0.2, 0) is 0 Å². The van der Waals surface area contributed by atoms with E-state index in [0.717, 1.165) is 5.92 Å². The molecule has 0 heterocycles. The van der Waals surface area contributed by atoms with Gasteiger partial charge in [0.1, 0.15) is 0 Å². The standard InChI is InChI=1S/C16H26/c1-16-14-12-10-8-6-4-2-3-5-7-9-11-13-15-16/h2,8,16H,3,5,7,9-15H2,1H3. The van der Waals surface area contributed by atoms with E-state index in [1.54, 1.807) is 0 Å². The molecular weight excluding hydrogens is 192 g/mol. The number of hydrogen-bond acceptors (Lipinski definition) is 0. The molecule has 0 nitrogen and oxygen atoms in total. The molecule has 0 aromatic rings. The van der Waals surface area contributed by atoms with Crippen molar-refractivity contribution in [2.75, 3.05) is 0 Å². The highest BCUT2D eigenvalue weighted by Crippen LogP contribution is 2.17. The molecule has 0 saturated carbocycles. The fourth-order valence-corrected chi connectivity index (χ4v) is 2.24. The van der Waals surface area contributed by atoms with Crippen LogP contribution in [0, 0.1) is 5.92 Å². The van der Waals surface area contributed by atoms with E-state index in [-0.39, 0.29) is 0 Å². The zero-order valence-electron chi connectivity index (χ0n) is 10.8. The van der Waals surface area contributed by atoms with Gasteiger partial charge in [0.2, 0.25) is 0 Å². The minimum Gasteiger partial charge on any atom is -0.0750 e. The van der Waals surface area contributed by atoms with Crippen LogP contribution >= 0.6 is 0 Å². The van der Waals surface area contributed by atoms with Gasteiger partial charge >= 0.3 is 0 Å². The van der Waals surface area contributed by atoms with Crippen molar-refractivity contribution in [2.24, 2.45) is 5.92 Å². The molecule has 0 aliphatic heterocycles. The normalized spacial score (nSPS) is 24.9. The Morgan fingerprint density at radius 1 is 0.750 bits per heavy atom. The van der Waals surface area contributed by atoms with Gasteiger partial charge in [0.25, 0.3) is 0 Å². The Morgan fingerprint density at radius 3 is 2.12 bits per heavy atom. The molecule has 0 N–H and O–H groups in total. The lowest BCUT2D eigenvalue weighted by Gasteiger charge is -2.09.